The first kappa shape index (κ1) is 31.1. The molecular formula is C30H34Cl2F2N4O3S. The Bertz CT molecular complexity index is 1560. The van der Waals surface area contributed by atoms with Crippen molar-refractivity contribution in [3.05, 3.63) is 87.5 Å². The van der Waals surface area contributed by atoms with Gasteiger partial charge in [-0.2, -0.15) is 4.31 Å². The molecule has 0 unspecified atom stereocenters. The third kappa shape index (κ3) is 5.77. The van der Waals surface area contributed by atoms with Gasteiger partial charge in [-0.25, -0.2) is 22.2 Å². The van der Waals surface area contributed by atoms with Crippen molar-refractivity contribution in [2.24, 2.45) is 17.1 Å². The fraction of sp³-hybridized carbons (Fsp3) is 0.433. The zero-order chi connectivity index (χ0) is 30.4. The number of aromatic nitrogens is 1. The lowest BCUT2D eigenvalue weighted by atomic mass is 9.69. The highest BCUT2D eigenvalue weighted by Gasteiger charge is 2.59. The van der Waals surface area contributed by atoms with E-state index in [1.807, 2.05) is 25.7 Å². The summed E-state index contributed by atoms with van der Waals surface area (Å²) in [4.78, 5) is 6.36. The van der Waals surface area contributed by atoms with E-state index >= 15 is 8.78 Å². The van der Waals surface area contributed by atoms with E-state index in [1.165, 1.54) is 46.9 Å². The van der Waals surface area contributed by atoms with Crippen LogP contribution in [-0.2, 0) is 20.3 Å². The highest BCUT2D eigenvalue weighted by atomic mass is 35.5. The van der Waals surface area contributed by atoms with Crippen LogP contribution in [0.3, 0.4) is 0 Å². The highest BCUT2D eigenvalue weighted by molar-refractivity contribution is 7.89. The van der Waals surface area contributed by atoms with Gasteiger partial charge in [0.2, 0.25) is 10.0 Å². The summed E-state index contributed by atoms with van der Waals surface area (Å²) in [5.74, 6) is -1.50. The van der Waals surface area contributed by atoms with Crippen LogP contribution >= 0.6 is 23.2 Å². The first-order valence-electron chi connectivity index (χ1n) is 13.7. The summed E-state index contributed by atoms with van der Waals surface area (Å²) in [7, 11) is -4.31. The average Bonchev–Trinajstić information content (AvgIpc) is 3.22. The van der Waals surface area contributed by atoms with Crippen LogP contribution < -0.4 is 10.6 Å². The summed E-state index contributed by atoms with van der Waals surface area (Å²) in [6, 6.07) is 10.2. The molecule has 2 aromatic carbocycles. The molecule has 2 saturated heterocycles. The molecule has 12 heteroatoms. The number of morpholine rings is 1. The molecule has 2 fully saturated rings. The van der Waals surface area contributed by atoms with E-state index < -0.39 is 39.2 Å². The SMILES string of the molecule is CC(C)(C)C[C@@H]1CN(S(=O)(=O)c2ccc(N3CCOCC3)nc2)[C@H](c2cccc(Cl)c2F)[C@@]1(N)c1ccc(Cl)cc1F. The Morgan fingerprint density at radius 2 is 1.81 bits per heavy atom. The zero-order valence-corrected chi connectivity index (χ0v) is 26.0. The maximum absolute atomic E-state index is 15.8. The summed E-state index contributed by atoms with van der Waals surface area (Å²) in [5, 5.41) is -0.0359. The minimum absolute atomic E-state index is 0.0442. The first-order valence-corrected chi connectivity index (χ1v) is 15.9. The molecule has 0 amide bonds. The van der Waals surface area contributed by atoms with Crippen molar-refractivity contribution in [2.45, 2.75) is 43.7 Å². The van der Waals surface area contributed by atoms with Crippen molar-refractivity contribution in [1.82, 2.24) is 9.29 Å². The predicted octanol–water partition coefficient (Wildman–Crippen LogP) is 6.16. The van der Waals surface area contributed by atoms with Gasteiger partial charge in [-0.05, 0) is 48.1 Å². The lowest BCUT2D eigenvalue weighted by Crippen LogP contribution is -2.49. The van der Waals surface area contributed by atoms with Gasteiger partial charge in [0.1, 0.15) is 22.3 Å². The van der Waals surface area contributed by atoms with E-state index in [4.69, 9.17) is 33.7 Å². The summed E-state index contributed by atoms with van der Waals surface area (Å²) >= 11 is 12.3. The minimum atomic E-state index is -4.31. The molecule has 3 heterocycles. The molecule has 2 aliphatic heterocycles. The lowest BCUT2D eigenvalue weighted by molar-refractivity contribution is 0.122. The molecule has 2 N–H and O–H groups in total. The van der Waals surface area contributed by atoms with E-state index in [0.29, 0.717) is 38.5 Å². The quantitative estimate of drug-likeness (QED) is 0.348. The van der Waals surface area contributed by atoms with Crippen molar-refractivity contribution < 1.29 is 21.9 Å². The molecule has 0 saturated carbocycles. The van der Waals surface area contributed by atoms with Crippen LogP contribution in [0.1, 0.15) is 44.4 Å². The Hall–Kier alpha value is -2.34. The van der Waals surface area contributed by atoms with Gasteiger partial charge in [0.25, 0.3) is 0 Å². The molecule has 0 radical (unpaired) electrons. The zero-order valence-electron chi connectivity index (χ0n) is 23.7. The highest BCUT2D eigenvalue weighted by Crippen LogP contribution is 2.55. The molecule has 3 atom stereocenters. The van der Waals surface area contributed by atoms with Crippen LogP contribution in [0.15, 0.2) is 59.6 Å². The third-order valence-corrected chi connectivity index (χ3v) is 10.4. The molecule has 226 valence electrons. The van der Waals surface area contributed by atoms with Crippen LogP contribution in [-0.4, -0.2) is 50.6 Å². The minimum Gasteiger partial charge on any atom is -0.378 e. The predicted molar refractivity (Wildman–Crippen MR) is 160 cm³/mol. The van der Waals surface area contributed by atoms with E-state index in [2.05, 4.69) is 4.98 Å². The third-order valence-electron chi connectivity index (χ3n) is 8.01. The number of ether oxygens (including phenoxy) is 1. The van der Waals surface area contributed by atoms with Gasteiger partial charge in [0.05, 0.1) is 29.8 Å². The number of nitrogens with two attached hydrogens (primary N) is 1. The second kappa shape index (κ2) is 11.6. The Labute approximate surface area is 255 Å². The second-order valence-electron chi connectivity index (χ2n) is 12.1. The second-order valence-corrected chi connectivity index (χ2v) is 14.8. The number of hydrogen-bond donors (Lipinski definition) is 1. The smallest absolute Gasteiger partial charge is 0.245 e. The molecule has 7 nitrogen and oxygen atoms in total. The number of sulfonamides is 1. The lowest BCUT2D eigenvalue weighted by Gasteiger charge is -2.40. The Morgan fingerprint density at radius 3 is 2.43 bits per heavy atom. The van der Waals surface area contributed by atoms with E-state index in [-0.39, 0.29) is 38.0 Å². The van der Waals surface area contributed by atoms with Gasteiger partial charge in [0.15, 0.2) is 0 Å². The summed E-state index contributed by atoms with van der Waals surface area (Å²) in [6.45, 7) is 8.27. The van der Waals surface area contributed by atoms with Gasteiger partial charge in [-0.1, -0.05) is 62.2 Å². The fourth-order valence-corrected chi connectivity index (χ4v) is 8.12. The topological polar surface area (TPSA) is 88.8 Å². The summed E-state index contributed by atoms with van der Waals surface area (Å²) < 4.78 is 66.9. The maximum Gasteiger partial charge on any atom is 0.245 e. The normalized spacial score (nSPS) is 23.9. The van der Waals surface area contributed by atoms with Crippen LogP contribution in [0.25, 0.3) is 0 Å². The van der Waals surface area contributed by atoms with Crippen LogP contribution in [0.4, 0.5) is 14.6 Å². The van der Waals surface area contributed by atoms with Crippen molar-refractivity contribution in [3.63, 3.8) is 0 Å². The number of hydrogen-bond acceptors (Lipinski definition) is 6. The maximum atomic E-state index is 15.8. The molecule has 0 spiro atoms. The summed E-state index contributed by atoms with van der Waals surface area (Å²) in [6.07, 6.45) is 1.72. The van der Waals surface area contributed by atoms with E-state index in [1.54, 1.807) is 6.07 Å². The molecule has 0 aliphatic carbocycles. The van der Waals surface area contributed by atoms with Gasteiger partial charge >= 0.3 is 0 Å². The molecule has 42 heavy (non-hydrogen) atoms. The number of benzene rings is 2. The average molecular weight is 640 g/mol. The van der Waals surface area contributed by atoms with Crippen LogP contribution in [0.2, 0.25) is 10.0 Å². The number of anilines is 1. The van der Waals surface area contributed by atoms with Crippen LogP contribution in [0, 0.1) is 23.0 Å². The Kier molecular flexibility index (Phi) is 8.61. The van der Waals surface area contributed by atoms with Crippen molar-refractivity contribution in [2.75, 3.05) is 37.7 Å². The summed E-state index contributed by atoms with van der Waals surface area (Å²) in [5.41, 5.74) is 5.23. The molecule has 2 aliphatic rings. The van der Waals surface area contributed by atoms with Gasteiger partial charge < -0.3 is 15.4 Å². The number of halogens is 4. The number of pyridine rings is 1. The largest absolute Gasteiger partial charge is 0.378 e. The van der Waals surface area contributed by atoms with E-state index in [9.17, 15) is 8.42 Å². The Balaban J connectivity index is 1.68. The Morgan fingerprint density at radius 1 is 1.10 bits per heavy atom. The van der Waals surface area contributed by atoms with Gasteiger partial charge in [0, 0.05) is 42.0 Å². The van der Waals surface area contributed by atoms with Gasteiger partial charge in [-0.3, -0.25) is 0 Å². The first-order chi connectivity index (χ1) is 19.7. The van der Waals surface area contributed by atoms with Crippen LogP contribution in [0.5, 0.6) is 0 Å². The molecule has 3 aromatic rings. The molecule has 0 bridgehead atoms. The number of rotatable bonds is 6. The molecule has 5 rings (SSSR count). The monoisotopic (exact) mass is 638 g/mol. The standard InChI is InChI=1S/C30H34Cl2F2N4O3S/c1-29(2,3)16-19-18-38(42(39,40)21-8-10-26(36-17-21)37-11-13-41-14-12-37)28(22-5-4-6-24(32)27(22)34)30(19,35)23-9-7-20(31)15-25(23)33/h4-10,15,17,19,28H,11-14,16,18,35H2,1-3H3/t19-,28-,30+/m1/s1. The fourth-order valence-electron chi connectivity index (χ4n) is 6.14. The van der Waals surface area contributed by atoms with Crippen molar-refractivity contribution >= 4 is 39.0 Å². The van der Waals surface area contributed by atoms with E-state index in [0.717, 1.165) is 6.07 Å². The molecular weight excluding hydrogens is 605 g/mol. The van der Waals surface area contributed by atoms with Gasteiger partial charge in [-0.15, -0.1) is 0 Å². The number of nitrogens with zero attached hydrogens (tertiary/aromatic N) is 3. The van der Waals surface area contributed by atoms with Crippen molar-refractivity contribution in [1.29, 1.82) is 0 Å². The molecule has 1 aromatic heterocycles. The van der Waals surface area contributed by atoms with Crippen molar-refractivity contribution in [3.8, 4) is 0 Å².